The quantitative estimate of drug-likeness (QED) is 0.880. The number of nitrogen functional groups attached to an aromatic ring is 2. The predicted octanol–water partition coefficient (Wildman–Crippen LogP) is 1.92. The molecule has 0 saturated carbocycles. The van der Waals surface area contributed by atoms with Crippen LogP contribution in [0.5, 0.6) is 0 Å². The molecule has 2 aliphatic heterocycles. The summed E-state index contributed by atoms with van der Waals surface area (Å²) in [6, 6.07) is 8.41. The number of ether oxygens (including phenoxy) is 1. The molecule has 2 saturated heterocycles. The molecule has 23 heavy (non-hydrogen) atoms. The molecule has 0 atom stereocenters. The van der Waals surface area contributed by atoms with Crippen molar-refractivity contribution >= 4 is 17.5 Å². The Morgan fingerprint density at radius 2 is 1.74 bits per heavy atom. The standard InChI is InChI=1S/C17H21N5O/c18-15-14(9-20-16(19)21-15)12-1-3-13(4-2-12)22-7-5-17(6-8-22)10-23-11-17/h1-4,9H,5-8,10-11H2,(H4,18,19,20,21). The van der Waals surface area contributed by atoms with Gasteiger partial charge in [0.1, 0.15) is 5.82 Å². The monoisotopic (exact) mass is 311 g/mol. The molecule has 0 aliphatic carbocycles. The van der Waals surface area contributed by atoms with Crippen LogP contribution in [0.1, 0.15) is 12.8 Å². The second-order valence-corrected chi connectivity index (χ2v) is 6.55. The van der Waals surface area contributed by atoms with Crippen molar-refractivity contribution in [3.05, 3.63) is 30.5 Å². The fourth-order valence-corrected chi connectivity index (χ4v) is 3.40. The fourth-order valence-electron chi connectivity index (χ4n) is 3.40. The molecule has 0 amide bonds. The van der Waals surface area contributed by atoms with E-state index in [9.17, 15) is 0 Å². The van der Waals surface area contributed by atoms with Gasteiger partial charge < -0.3 is 21.1 Å². The third kappa shape index (κ3) is 2.59. The van der Waals surface area contributed by atoms with Crippen molar-refractivity contribution in [3.8, 4) is 11.1 Å². The van der Waals surface area contributed by atoms with E-state index in [-0.39, 0.29) is 5.95 Å². The number of nitrogens with zero attached hydrogens (tertiary/aromatic N) is 3. The highest BCUT2D eigenvalue weighted by molar-refractivity contribution is 5.74. The summed E-state index contributed by atoms with van der Waals surface area (Å²) in [6.45, 7) is 4.07. The van der Waals surface area contributed by atoms with E-state index in [1.54, 1.807) is 6.20 Å². The van der Waals surface area contributed by atoms with Crippen LogP contribution >= 0.6 is 0 Å². The van der Waals surface area contributed by atoms with Crippen molar-refractivity contribution in [2.75, 3.05) is 42.7 Å². The molecule has 0 unspecified atom stereocenters. The van der Waals surface area contributed by atoms with Crippen LogP contribution in [0.3, 0.4) is 0 Å². The molecular formula is C17H21N5O. The number of nitrogens with two attached hydrogens (primary N) is 2. The van der Waals surface area contributed by atoms with Crippen molar-refractivity contribution < 1.29 is 4.74 Å². The van der Waals surface area contributed by atoms with Crippen LogP contribution in [0.15, 0.2) is 30.5 Å². The van der Waals surface area contributed by atoms with Crippen LogP contribution in [-0.2, 0) is 4.74 Å². The van der Waals surface area contributed by atoms with Crippen molar-refractivity contribution in [1.29, 1.82) is 0 Å². The summed E-state index contributed by atoms with van der Waals surface area (Å²) >= 11 is 0. The van der Waals surface area contributed by atoms with E-state index in [1.165, 1.54) is 18.5 Å². The van der Waals surface area contributed by atoms with E-state index < -0.39 is 0 Å². The van der Waals surface area contributed by atoms with Gasteiger partial charge in [0.05, 0.1) is 13.2 Å². The van der Waals surface area contributed by atoms with E-state index in [2.05, 4.69) is 39.1 Å². The number of hydrogen-bond donors (Lipinski definition) is 2. The second kappa shape index (κ2) is 5.38. The zero-order valence-electron chi connectivity index (χ0n) is 13.0. The zero-order valence-corrected chi connectivity index (χ0v) is 13.0. The van der Waals surface area contributed by atoms with Crippen LogP contribution in [-0.4, -0.2) is 36.3 Å². The topological polar surface area (TPSA) is 90.3 Å². The Kier molecular flexibility index (Phi) is 3.34. The lowest BCUT2D eigenvalue weighted by Gasteiger charge is -2.47. The average molecular weight is 311 g/mol. The third-order valence-corrected chi connectivity index (χ3v) is 5.02. The van der Waals surface area contributed by atoms with Crippen molar-refractivity contribution in [2.24, 2.45) is 5.41 Å². The maximum absolute atomic E-state index is 5.93. The summed E-state index contributed by atoms with van der Waals surface area (Å²) in [6.07, 6.45) is 4.11. The molecule has 1 aromatic heterocycles. The molecule has 2 aromatic rings. The first-order valence-corrected chi connectivity index (χ1v) is 7.96. The Hall–Kier alpha value is -2.34. The lowest BCUT2D eigenvalue weighted by atomic mass is 9.77. The van der Waals surface area contributed by atoms with Crippen LogP contribution in [0.2, 0.25) is 0 Å². The van der Waals surface area contributed by atoms with E-state index >= 15 is 0 Å². The van der Waals surface area contributed by atoms with Crippen LogP contribution in [0, 0.1) is 5.41 Å². The van der Waals surface area contributed by atoms with Gasteiger partial charge in [-0.2, -0.15) is 4.98 Å². The molecule has 1 aromatic carbocycles. The van der Waals surface area contributed by atoms with Gasteiger partial charge in [-0.1, -0.05) is 12.1 Å². The van der Waals surface area contributed by atoms with Gasteiger partial charge in [-0.3, -0.25) is 0 Å². The number of aromatic nitrogens is 2. The van der Waals surface area contributed by atoms with Crippen LogP contribution in [0.4, 0.5) is 17.5 Å². The number of hydrogen-bond acceptors (Lipinski definition) is 6. The highest BCUT2D eigenvalue weighted by Crippen LogP contribution is 2.39. The van der Waals surface area contributed by atoms with Gasteiger partial charge in [-0.25, -0.2) is 4.98 Å². The lowest BCUT2D eigenvalue weighted by Crippen LogP contribution is -2.50. The highest BCUT2D eigenvalue weighted by Gasteiger charge is 2.41. The minimum Gasteiger partial charge on any atom is -0.383 e. The summed E-state index contributed by atoms with van der Waals surface area (Å²) in [5.74, 6) is 0.611. The zero-order chi connectivity index (χ0) is 15.9. The molecule has 0 bridgehead atoms. The molecule has 4 rings (SSSR count). The molecule has 2 fully saturated rings. The normalized spacial score (nSPS) is 19.6. The van der Waals surface area contributed by atoms with Gasteiger partial charge in [-0.05, 0) is 30.5 Å². The summed E-state index contributed by atoms with van der Waals surface area (Å²) in [7, 11) is 0. The van der Waals surface area contributed by atoms with Gasteiger partial charge in [0.25, 0.3) is 0 Å². The van der Waals surface area contributed by atoms with Gasteiger partial charge in [0.2, 0.25) is 5.95 Å². The van der Waals surface area contributed by atoms with E-state index in [1.807, 2.05) is 0 Å². The minimum atomic E-state index is 0.199. The van der Waals surface area contributed by atoms with Crippen molar-refractivity contribution in [3.63, 3.8) is 0 Å². The molecule has 120 valence electrons. The average Bonchev–Trinajstić information content (AvgIpc) is 2.54. The Labute approximate surface area is 135 Å². The maximum atomic E-state index is 5.93. The first kappa shape index (κ1) is 14.3. The summed E-state index contributed by atoms with van der Waals surface area (Å²) in [5.41, 5.74) is 15.0. The molecule has 0 radical (unpaired) electrons. The second-order valence-electron chi connectivity index (χ2n) is 6.55. The number of piperidine rings is 1. The summed E-state index contributed by atoms with van der Waals surface area (Å²) in [4.78, 5) is 10.5. The first-order valence-electron chi connectivity index (χ1n) is 7.96. The maximum Gasteiger partial charge on any atom is 0.221 e. The Morgan fingerprint density at radius 3 is 2.30 bits per heavy atom. The number of rotatable bonds is 2. The van der Waals surface area contributed by atoms with E-state index in [4.69, 9.17) is 16.2 Å². The highest BCUT2D eigenvalue weighted by atomic mass is 16.5. The van der Waals surface area contributed by atoms with Crippen molar-refractivity contribution in [1.82, 2.24) is 9.97 Å². The first-order chi connectivity index (χ1) is 11.2. The van der Waals surface area contributed by atoms with Crippen LogP contribution < -0.4 is 16.4 Å². The van der Waals surface area contributed by atoms with Crippen LogP contribution in [0.25, 0.3) is 11.1 Å². The Morgan fingerprint density at radius 1 is 1.04 bits per heavy atom. The molecule has 2 aliphatic rings. The SMILES string of the molecule is Nc1ncc(-c2ccc(N3CCC4(CC3)COC4)cc2)c(N)n1. The molecule has 4 N–H and O–H groups in total. The fraction of sp³-hybridized carbons (Fsp3) is 0.412. The predicted molar refractivity (Wildman–Crippen MR) is 91.0 cm³/mol. The summed E-state index contributed by atoms with van der Waals surface area (Å²) in [5, 5.41) is 0. The van der Waals surface area contributed by atoms with Gasteiger partial charge in [0.15, 0.2) is 0 Å². The molecule has 3 heterocycles. The van der Waals surface area contributed by atoms with E-state index in [0.717, 1.165) is 37.4 Å². The van der Waals surface area contributed by atoms with Gasteiger partial charge in [0, 0.05) is 36.0 Å². The largest absolute Gasteiger partial charge is 0.383 e. The van der Waals surface area contributed by atoms with Gasteiger partial charge in [-0.15, -0.1) is 0 Å². The minimum absolute atomic E-state index is 0.199. The Balaban J connectivity index is 1.50. The number of benzene rings is 1. The molecular weight excluding hydrogens is 290 g/mol. The Bertz CT molecular complexity index is 701. The summed E-state index contributed by atoms with van der Waals surface area (Å²) < 4.78 is 5.39. The number of anilines is 3. The smallest absolute Gasteiger partial charge is 0.221 e. The molecule has 6 nitrogen and oxygen atoms in total. The third-order valence-electron chi connectivity index (χ3n) is 5.02. The van der Waals surface area contributed by atoms with E-state index in [0.29, 0.717) is 11.2 Å². The van der Waals surface area contributed by atoms with Crippen molar-refractivity contribution in [2.45, 2.75) is 12.8 Å². The molecule has 6 heteroatoms. The molecule has 1 spiro atoms. The lowest BCUT2D eigenvalue weighted by molar-refractivity contribution is -0.124. The van der Waals surface area contributed by atoms with Gasteiger partial charge >= 0.3 is 0 Å².